The lowest BCUT2D eigenvalue weighted by Gasteiger charge is -2.12. The molecule has 0 aliphatic carbocycles. The van der Waals surface area contributed by atoms with Crippen LogP contribution in [0.15, 0.2) is 9.59 Å². The largest absolute Gasteiger partial charge is 0.383 e. The number of hydrogen-bond acceptors (Lipinski definition) is 6. The average Bonchev–Trinajstić information content (AvgIpc) is 2.41. The highest BCUT2D eigenvalue weighted by atomic mass is 16.5. The number of nitrogens with two attached hydrogens (primary N) is 1. The number of aromatic amines is 1. The quantitative estimate of drug-likeness (QED) is 0.533. The molecule has 4 N–H and O–H groups in total. The molecule has 114 valence electrons. The van der Waals surface area contributed by atoms with E-state index in [1.807, 2.05) is 0 Å². The van der Waals surface area contributed by atoms with Gasteiger partial charge in [-0.2, -0.15) is 0 Å². The SMILES string of the molecule is CCn1c(N)c(NCCCOCCOC)c(=O)[nH]c1=O. The van der Waals surface area contributed by atoms with Gasteiger partial charge in [-0.1, -0.05) is 0 Å². The van der Waals surface area contributed by atoms with Crippen LogP contribution in [-0.4, -0.2) is 43.0 Å². The summed E-state index contributed by atoms with van der Waals surface area (Å²) < 4.78 is 11.5. The van der Waals surface area contributed by atoms with Crippen molar-refractivity contribution in [3.05, 3.63) is 20.8 Å². The number of aromatic nitrogens is 2. The molecule has 0 amide bonds. The monoisotopic (exact) mass is 286 g/mol. The fourth-order valence-corrected chi connectivity index (χ4v) is 1.70. The maximum absolute atomic E-state index is 11.7. The molecular weight excluding hydrogens is 264 g/mol. The molecule has 1 aromatic rings. The van der Waals surface area contributed by atoms with Gasteiger partial charge in [-0.3, -0.25) is 14.3 Å². The van der Waals surface area contributed by atoms with Crippen molar-refractivity contribution in [2.24, 2.45) is 0 Å². The van der Waals surface area contributed by atoms with Crippen LogP contribution in [0.1, 0.15) is 13.3 Å². The van der Waals surface area contributed by atoms with Gasteiger partial charge in [0.05, 0.1) is 13.2 Å². The van der Waals surface area contributed by atoms with Crippen molar-refractivity contribution in [2.45, 2.75) is 19.9 Å². The minimum atomic E-state index is -0.502. The number of nitrogen functional groups attached to an aromatic ring is 1. The predicted molar refractivity (Wildman–Crippen MR) is 77.2 cm³/mol. The number of anilines is 2. The van der Waals surface area contributed by atoms with Gasteiger partial charge in [0.25, 0.3) is 5.56 Å². The molecule has 0 atom stereocenters. The van der Waals surface area contributed by atoms with Gasteiger partial charge in [0, 0.05) is 26.8 Å². The lowest BCUT2D eigenvalue weighted by Crippen LogP contribution is -2.33. The molecule has 0 saturated heterocycles. The van der Waals surface area contributed by atoms with Crippen molar-refractivity contribution >= 4 is 11.5 Å². The highest BCUT2D eigenvalue weighted by Gasteiger charge is 2.10. The van der Waals surface area contributed by atoms with Crippen LogP contribution in [0, 0.1) is 0 Å². The molecule has 1 rings (SSSR count). The number of methoxy groups -OCH3 is 1. The second-order valence-electron chi connectivity index (χ2n) is 4.15. The summed E-state index contributed by atoms with van der Waals surface area (Å²) in [6, 6.07) is 0. The Balaban J connectivity index is 2.52. The summed E-state index contributed by atoms with van der Waals surface area (Å²) in [5.41, 5.74) is 5.03. The highest BCUT2D eigenvalue weighted by molar-refractivity contribution is 5.60. The zero-order valence-electron chi connectivity index (χ0n) is 11.9. The van der Waals surface area contributed by atoms with Gasteiger partial charge in [-0.25, -0.2) is 4.79 Å². The van der Waals surface area contributed by atoms with E-state index in [-0.39, 0.29) is 11.5 Å². The Labute approximate surface area is 116 Å². The number of H-pyrrole nitrogens is 1. The molecule has 0 saturated carbocycles. The van der Waals surface area contributed by atoms with Crippen molar-refractivity contribution in [3.8, 4) is 0 Å². The summed E-state index contributed by atoms with van der Waals surface area (Å²) in [4.78, 5) is 25.4. The fraction of sp³-hybridized carbons (Fsp3) is 0.667. The summed E-state index contributed by atoms with van der Waals surface area (Å²) in [6.45, 7) is 4.37. The minimum absolute atomic E-state index is 0.154. The van der Waals surface area contributed by atoms with Gasteiger partial charge in [-0.15, -0.1) is 0 Å². The van der Waals surface area contributed by atoms with Crippen LogP contribution in [0.25, 0.3) is 0 Å². The van der Waals surface area contributed by atoms with Gasteiger partial charge < -0.3 is 20.5 Å². The van der Waals surface area contributed by atoms with Crippen LogP contribution in [0.4, 0.5) is 11.5 Å². The molecule has 0 unspecified atom stereocenters. The molecule has 0 fully saturated rings. The predicted octanol–water partition coefficient (Wildman–Crippen LogP) is -0.396. The zero-order valence-corrected chi connectivity index (χ0v) is 11.9. The molecule has 8 nitrogen and oxygen atoms in total. The first-order valence-corrected chi connectivity index (χ1v) is 6.55. The molecular formula is C12H22N4O4. The Morgan fingerprint density at radius 1 is 1.30 bits per heavy atom. The van der Waals surface area contributed by atoms with Crippen molar-refractivity contribution in [3.63, 3.8) is 0 Å². The van der Waals surface area contributed by atoms with Crippen molar-refractivity contribution < 1.29 is 9.47 Å². The summed E-state index contributed by atoms with van der Waals surface area (Å²) in [7, 11) is 1.61. The number of rotatable bonds is 9. The highest BCUT2D eigenvalue weighted by Crippen LogP contribution is 2.09. The van der Waals surface area contributed by atoms with Crippen molar-refractivity contribution in [2.75, 3.05) is 44.5 Å². The molecule has 0 bridgehead atoms. The summed E-state index contributed by atoms with van der Waals surface area (Å²) in [5, 5.41) is 2.93. The van der Waals surface area contributed by atoms with Gasteiger partial charge in [0.15, 0.2) is 0 Å². The van der Waals surface area contributed by atoms with E-state index in [0.717, 1.165) is 0 Å². The third-order valence-corrected chi connectivity index (χ3v) is 2.75. The van der Waals surface area contributed by atoms with E-state index in [4.69, 9.17) is 15.2 Å². The van der Waals surface area contributed by atoms with E-state index in [1.54, 1.807) is 14.0 Å². The second-order valence-corrected chi connectivity index (χ2v) is 4.15. The Morgan fingerprint density at radius 3 is 2.70 bits per heavy atom. The van der Waals surface area contributed by atoms with E-state index in [9.17, 15) is 9.59 Å². The standard InChI is InChI=1S/C12H22N4O4/c1-3-16-10(13)9(11(17)15-12(16)18)14-5-4-6-20-8-7-19-2/h14H,3-8,13H2,1-2H3,(H,15,17,18). The van der Waals surface area contributed by atoms with Crippen LogP contribution >= 0.6 is 0 Å². The first kappa shape index (κ1) is 16.3. The van der Waals surface area contributed by atoms with Gasteiger partial charge in [0.1, 0.15) is 11.5 Å². The molecule has 1 heterocycles. The molecule has 20 heavy (non-hydrogen) atoms. The van der Waals surface area contributed by atoms with Gasteiger partial charge >= 0.3 is 5.69 Å². The van der Waals surface area contributed by atoms with Crippen LogP contribution in [0.3, 0.4) is 0 Å². The Morgan fingerprint density at radius 2 is 2.05 bits per heavy atom. The Kier molecular flexibility index (Phi) is 6.82. The average molecular weight is 286 g/mol. The summed E-state index contributed by atoms with van der Waals surface area (Å²) in [6.07, 6.45) is 0.716. The van der Waals surface area contributed by atoms with E-state index < -0.39 is 11.2 Å². The van der Waals surface area contributed by atoms with Crippen molar-refractivity contribution in [1.82, 2.24) is 9.55 Å². The maximum atomic E-state index is 11.7. The Hall–Kier alpha value is -1.80. The molecule has 0 aliphatic rings. The number of hydrogen-bond donors (Lipinski definition) is 3. The van der Waals surface area contributed by atoms with Crippen molar-refractivity contribution in [1.29, 1.82) is 0 Å². The molecule has 0 aliphatic heterocycles. The first-order valence-electron chi connectivity index (χ1n) is 6.55. The molecule has 0 aromatic carbocycles. The topological polar surface area (TPSA) is 111 Å². The molecule has 8 heteroatoms. The molecule has 0 radical (unpaired) electrons. The van der Waals surface area contributed by atoms with E-state index >= 15 is 0 Å². The third kappa shape index (κ3) is 4.39. The zero-order chi connectivity index (χ0) is 15.0. The normalized spacial score (nSPS) is 10.7. The fourth-order valence-electron chi connectivity index (χ4n) is 1.70. The number of nitrogens with zero attached hydrogens (tertiary/aromatic N) is 1. The van der Waals surface area contributed by atoms with E-state index in [2.05, 4.69) is 10.3 Å². The third-order valence-electron chi connectivity index (χ3n) is 2.75. The van der Waals surface area contributed by atoms with E-state index in [0.29, 0.717) is 39.3 Å². The lowest BCUT2D eigenvalue weighted by atomic mass is 10.4. The van der Waals surface area contributed by atoms with E-state index in [1.165, 1.54) is 4.57 Å². The van der Waals surface area contributed by atoms with Crippen LogP contribution in [-0.2, 0) is 16.0 Å². The first-order chi connectivity index (χ1) is 9.61. The van der Waals surface area contributed by atoms with Crippen LogP contribution in [0.2, 0.25) is 0 Å². The Bertz CT molecular complexity index is 523. The van der Waals surface area contributed by atoms with Crippen LogP contribution < -0.4 is 22.3 Å². The maximum Gasteiger partial charge on any atom is 0.330 e. The van der Waals surface area contributed by atoms with Gasteiger partial charge in [0.2, 0.25) is 0 Å². The number of nitrogens with one attached hydrogen (secondary N) is 2. The summed E-state index contributed by atoms with van der Waals surface area (Å²) >= 11 is 0. The summed E-state index contributed by atoms with van der Waals surface area (Å²) in [5.74, 6) is 0.154. The second kappa shape index (κ2) is 8.39. The van der Waals surface area contributed by atoms with Crippen LogP contribution in [0.5, 0.6) is 0 Å². The van der Waals surface area contributed by atoms with Gasteiger partial charge in [-0.05, 0) is 13.3 Å². The number of ether oxygens (including phenoxy) is 2. The molecule has 0 spiro atoms. The smallest absolute Gasteiger partial charge is 0.330 e. The lowest BCUT2D eigenvalue weighted by molar-refractivity contribution is 0.0705. The minimum Gasteiger partial charge on any atom is -0.383 e. The molecule has 1 aromatic heterocycles.